The molecule has 3 fully saturated rings. The summed E-state index contributed by atoms with van der Waals surface area (Å²) in [6.07, 6.45) is 3.27. The summed E-state index contributed by atoms with van der Waals surface area (Å²) in [5, 5.41) is 13.4. The fraction of sp³-hybridized carbons (Fsp3) is 0.333. The Hall–Kier alpha value is -3.69. The molecule has 5 nitrogen and oxygen atoms in total. The van der Waals surface area contributed by atoms with Gasteiger partial charge < -0.3 is 15.3 Å². The lowest BCUT2D eigenvalue weighted by Crippen LogP contribution is -2.47. The molecule has 0 saturated carbocycles. The number of carbonyl (C=O) groups excluding carboxylic acids is 1. The highest BCUT2D eigenvalue weighted by atomic mass is 19.1. The zero-order valence-electron chi connectivity index (χ0n) is 20.6. The van der Waals surface area contributed by atoms with E-state index in [4.69, 9.17) is 0 Å². The van der Waals surface area contributed by atoms with Crippen molar-refractivity contribution in [1.82, 2.24) is 15.2 Å². The Bertz CT molecular complexity index is 1340. The summed E-state index contributed by atoms with van der Waals surface area (Å²) < 4.78 is 14.1. The predicted octanol–water partition coefficient (Wildman–Crippen LogP) is 4.90. The summed E-state index contributed by atoms with van der Waals surface area (Å²) in [6, 6.07) is 14.1. The van der Waals surface area contributed by atoms with E-state index < -0.39 is 17.8 Å². The van der Waals surface area contributed by atoms with Crippen LogP contribution in [0.25, 0.3) is 0 Å². The molecule has 6 heteroatoms. The van der Waals surface area contributed by atoms with Gasteiger partial charge in [-0.1, -0.05) is 41.7 Å². The molecule has 0 spiro atoms. The molecule has 0 radical (unpaired) electrons. The van der Waals surface area contributed by atoms with Gasteiger partial charge in [0.1, 0.15) is 17.3 Å². The number of pyridine rings is 1. The highest BCUT2D eigenvalue weighted by Gasteiger charge is 2.37. The van der Waals surface area contributed by atoms with Gasteiger partial charge in [0.2, 0.25) is 0 Å². The van der Waals surface area contributed by atoms with Crippen molar-refractivity contribution in [2.45, 2.75) is 39.2 Å². The third kappa shape index (κ3) is 5.12. The van der Waals surface area contributed by atoms with Crippen molar-refractivity contribution in [3.05, 3.63) is 94.1 Å². The van der Waals surface area contributed by atoms with E-state index in [9.17, 15) is 14.3 Å². The molecule has 184 valence electrons. The number of benzene rings is 2. The molecule has 1 aromatic heterocycles. The topological polar surface area (TPSA) is 65.5 Å². The molecule has 2 bridgehead atoms. The van der Waals surface area contributed by atoms with Crippen LogP contribution in [0.5, 0.6) is 5.75 Å². The number of aryl methyl sites for hydroxylation is 2. The van der Waals surface area contributed by atoms with E-state index in [-0.39, 0.29) is 22.4 Å². The third-order valence-electron chi connectivity index (χ3n) is 7.36. The second kappa shape index (κ2) is 9.75. The molecule has 4 heterocycles. The van der Waals surface area contributed by atoms with E-state index >= 15 is 0 Å². The molecule has 1 amide bonds. The van der Waals surface area contributed by atoms with Crippen molar-refractivity contribution in [2.24, 2.45) is 5.41 Å². The van der Waals surface area contributed by atoms with E-state index in [0.717, 1.165) is 55.6 Å². The van der Waals surface area contributed by atoms with Crippen molar-refractivity contribution in [3.8, 4) is 17.6 Å². The lowest BCUT2D eigenvalue weighted by molar-refractivity contribution is 0.0680. The van der Waals surface area contributed by atoms with Gasteiger partial charge in [-0.05, 0) is 88.6 Å². The number of phenolic OH excluding ortho intramolecular Hbond substituents is 1. The minimum atomic E-state index is -0.753. The maximum Gasteiger partial charge on any atom is 0.270 e. The number of halogens is 1. The first-order chi connectivity index (χ1) is 17.3. The van der Waals surface area contributed by atoms with Crippen molar-refractivity contribution in [1.29, 1.82) is 0 Å². The third-order valence-corrected chi connectivity index (χ3v) is 7.36. The standard InChI is InChI=1S/C30H30FN3O2/c1-20-3-5-23(6-4-20)28(25-19-24(31)7-8-27(25)35)33-29(36)26-18-22(17-21(2)32-26)9-10-30-11-14-34(15-12-30)16-13-30/h3-8,17-19,28,35H,11-16H2,1-2H3,(H,33,36). The van der Waals surface area contributed by atoms with Crippen LogP contribution in [0.2, 0.25) is 0 Å². The summed E-state index contributed by atoms with van der Waals surface area (Å²) in [5.41, 5.74) is 3.83. The lowest BCUT2D eigenvalue weighted by Gasteiger charge is -2.45. The Morgan fingerprint density at radius 2 is 1.75 bits per heavy atom. The van der Waals surface area contributed by atoms with Crippen molar-refractivity contribution >= 4 is 5.91 Å². The highest BCUT2D eigenvalue weighted by Crippen LogP contribution is 2.39. The van der Waals surface area contributed by atoms with E-state index in [1.807, 2.05) is 44.2 Å². The first-order valence-corrected chi connectivity index (χ1v) is 12.4. The molecule has 1 unspecified atom stereocenters. The molecule has 36 heavy (non-hydrogen) atoms. The van der Waals surface area contributed by atoms with Gasteiger partial charge in [0.15, 0.2) is 0 Å². The van der Waals surface area contributed by atoms with Crippen molar-refractivity contribution < 1.29 is 14.3 Å². The first-order valence-electron chi connectivity index (χ1n) is 12.4. The number of carbonyl (C=O) groups is 1. The number of hydrogen-bond donors (Lipinski definition) is 2. The van der Waals surface area contributed by atoms with Crippen LogP contribution >= 0.6 is 0 Å². The molecule has 3 aliphatic rings. The second-order valence-corrected chi connectivity index (χ2v) is 10.0. The fourth-order valence-electron chi connectivity index (χ4n) is 5.14. The minimum absolute atomic E-state index is 0.0692. The number of aromatic nitrogens is 1. The largest absolute Gasteiger partial charge is 0.508 e. The first kappa shape index (κ1) is 24.0. The SMILES string of the molecule is Cc1ccc(C(NC(=O)c2cc(C#CC34CCN(CC3)CC4)cc(C)n2)c2cc(F)ccc2O)cc1. The van der Waals surface area contributed by atoms with Crippen LogP contribution in [0.3, 0.4) is 0 Å². The number of phenols is 1. The Labute approximate surface area is 211 Å². The van der Waals surface area contributed by atoms with E-state index in [1.165, 1.54) is 18.2 Å². The molecular formula is C30H30FN3O2. The Kier molecular flexibility index (Phi) is 6.51. The fourth-order valence-corrected chi connectivity index (χ4v) is 5.14. The molecule has 6 rings (SSSR count). The number of nitrogens with one attached hydrogen (secondary N) is 1. The summed E-state index contributed by atoms with van der Waals surface area (Å²) in [4.78, 5) is 20.3. The zero-order chi connectivity index (χ0) is 25.3. The molecule has 3 saturated heterocycles. The number of fused-ring (bicyclic) bond motifs is 3. The molecule has 3 aliphatic heterocycles. The molecule has 0 aliphatic carbocycles. The number of aromatic hydroxyl groups is 1. The van der Waals surface area contributed by atoms with Gasteiger partial charge in [-0.3, -0.25) is 4.79 Å². The van der Waals surface area contributed by atoms with Crippen molar-refractivity contribution in [2.75, 3.05) is 19.6 Å². The Morgan fingerprint density at radius 3 is 2.44 bits per heavy atom. The average molecular weight is 484 g/mol. The van der Waals surface area contributed by atoms with Gasteiger partial charge >= 0.3 is 0 Å². The number of piperidine rings is 3. The highest BCUT2D eigenvalue weighted by molar-refractivity contribution is 5.93. The lowest BCUT2D eigenvalue weighted by atomic mass is 9.72. The Balaban J connectivity index is 1.44. The van der Waals surface area contributed by atoms with Crippen LogP contribution in [0, 0.1) is 36.9 Å². The Morgan fingerprint density at radius 1 is 1.06 bits per heavy atom. The quantitative estimate of drug-likeness (QED) is 0.518. The van der Waals surface area contributed by atoms with Crippen LogP contribution in [0.15, 0.2) is 54.6 Å². The van der Waals surface area contributed by atoms with E-state index in [1.54, 1.807) is 6.07 Å². The number of rotatable bonds is 4. The average Bonchev–Trinajstić information content (AvgIpc) is 2.89. The van der Waals surface area contributed by atoms with Crippen molar-refractivity contribution in [3.63, 3.8) is 0 Å². The molecular weight excluding hydrogens is 453 g/mol. The zero-order valence-corrected chi connectivity index (χ0v) is 20.6. The molecule has 1 atom stereocenters. The van der Waals surface area contributed by atoms with Crippen LogP contribution in [0.1, 0.15) is 63.7 Å². The van der Waals surface area contributed by atoms with Gasteiger partial charge in [-0.25, -0.2) is 9.37 Å². The number of amides is 1. The van der Waals surface area contributed by atoms with E-state index in [2.05, 4.69) is 27.0 Å². The van der Waals surface area contributed by atoms with Gasteiger partial charge in [-0.2, -0.15) is 0 Å². The number of nitrogens with zero attached hydrogens (tertiary/aromatic N) is 2. The smallest absolute Gasteiger partial charge is 0.270 e. The van der Waals surface area contributed by atoms with Gasteiger partial charge in [-0.15, -0.1) is 0 Å². The predicted molar refractivity (Wildman–Crippen MR) is 137 cm³/mol. The minimum Gasteiger partial charge on any atom is -0.508 e. The molecule has 3 aromatic rings. The number of hydrogen-bond acceptors (Lipinski definition) is 4. The van der Waals surface area contributed by atoms with E-state index in [0.29, 0.717) is 5.69 Å². The summed E-state index contributed by atoms with van der Waals surface area (Å²) in [5.74, 6) is 5.86. The maximum absolute atomic E-state index is 14.1. The summed E-state index contributed by atoms with van der Waals surface area (Å²) in [7, 11) is 0. The molecule has 2 aromatic carbocycles. The van der Waals surface area contributed by atoms with Crippen LogP contribution < -0.4 is 5.32 Å². The van der Waals surface area contributed by atoms with Crippen LogP contribution in [0.4, 0.5) is 4.39 Å². The normalized spacial score (nSPS) is 21.4. The van der Waals surface area contributed by atoms with Gasteiger partial charge in [0, 0.05) is 22.2 Å². The second-order valence-electron chi connectivity index (χ2n) is 10.0. The monoisotopic (exact) mass is 483 g/mol. The molecule has 2 N–H and O–H groups in total. The maximum atomic E-state index is 14.1. The summed E-state index contributed by atoms with van der Waals surface area (Å²) >= 11 is 0. The summed E-state index contributed by atoms with van der Waals surface area (Å²) in [6.45, 7) is 7.11. The van der Waals surface area contributed by atoms with Gasteiger partial charge in [0.05, 0.1) is 6.04 Å². The van der Waals surface area contributed by atoms with Crippen LogP contribution in [-0.4, -0.2) is 40.5 Å². The van der Waals surface area contributed by atoms with Gasteiger partial charge in [0.25, 0.3) is 5.91 Å². The van der Waals surface area contributed by atoms with Crippen LogP contribution in [-0.2, 0) is 0 Å².